The minimum Gasteiger partial charge on any atom is -0.507 e. The van der Waals surface area contributed by atoms with E-state index in [9.17, 15) is 9.90 Å². The van der Waals surface area contributed by atoms with Crippen LogP contribution in [0.15, 0.2) is 22.7 Å². The summed E-state index contributed by atoms with van der Waals surface area (Å²) < 4.78 is 0.614. The van der Waals surface area contributed by atoms with Crippen LogP contribution in [0, 0.1) is 5.92 Å². The van der Waals surface area contributed by atoms with Crippen molar-refractivity contribution in [3.05, 3.63) is 28.2 Å². The average molecular weight is 312 g/mol. The monoisotopic (exact) mass is 311 g/mol. The van der Waals surface area contributed by atoms with E-state index in [0.29, 0.717) is 16.0 Å². The quantitative estimate of drug-likeness (QED) is 0.905. The van der Waals surface area contributed by atoms with Gasteiger partial charge in [0.2, 0.25) is 0 Å². The van der Waals surface area contributed by atoms with Crippen molar-refractivity contribution in [3.63, 3.8) is 0 Å². The number of halogens is 1. The number of benzene rings is 1. The van der Waals surface area contributed by atoms with Crippen molar-refractivity contribution in [1.29, 1.82) is 0 Å². The summed E-state index contributed by atoms with van der Waals surface area (Å²) in [6.45, 7) is 3.71. The number of rotatable bonds is 5. The predicted octanol–water partition coefficient (Wildman–Crippen LogP) is 3.42. The third kappa shape index (κ3) is 3.25. The number of hydrogen-bond acceptors (Lipinski definition) is 2. The highest BCUT2D eigenvalue weighted by Crippen LogP contribution is 2.31. The average Bonchev–Trinajstić information content (AvgIpc) is 3.15. The summed E-state index contributed by atoms with van der Waals surface area (Å²) in [7, 11) is 0. The first-order chi connectivity index (χ1) is 8.61. The summed E-state index contributed by atoms with van der Waals surface area (Å²) in [6.07, 6.45) is 3.43. The number of hydrogen-bond donors (Lipinski definition) is 1. The molecule has 1 aliphatic carbocycles. The summed E-state index contributed by atoms with van der Waals surface area (Å²) in [5.41, 5.74) is 0.560. The highest BCUT2D eigenvalue weighted by Gasteiger charge is 2.27. The molecule has 1 N–H and O–H groups in total. The Kier molecular flexibility index (Phi) is 4.27. The Morgan fingerprint density at radius 3 is 2.78 bits per heavy atom. The van der Waals surface area contributed by atoms with Crippen LogP contribution in [0.1, 0.15) is 36.5 Å². The number of nitrogens with zero attached hydrogens (tertiary/aromatic N) is 1. The normalized spacial score (nSPS) is 14.6. The molecule has 1 aromatic carbocycles. The fourth-order valence-corrected chi connectivity index (χ4v) is 2.23. The van der Waals surface area contributed by atoms with Gasteiger partial charge in [0.1, 0.15) is 5.75 Å². The van der Waals surface area contributed by atoms with E-state index in [1.807, 2.05) is 4.90 Å². The van der Waals surface area contributed by atoms with Crippen LogP contribution in [0.2, 0.25) is 0 Å². The Morgan fingerprint density at radius 2 is 2.22 bits per heavy atom. The minimum atomic E-state index is 0.0200. The molecule has 0 saturated heterocycles. The standard InChI is InChI=1S/C14H18BrNO2/c1-2-7-16(9-10-3-4-10)14(18)11-5-6-12(15)13(17)8-11/h5-6,8,10,17H,2-4,7,9H2,1H3. The van der Waals surface area contributed by atoms with E-state index in [2.05, 4.69) is 22.9 Å². The SMILES string of the molecule is CCCN(CC1CC1)C(=O)c1ccc(Br)c(O)c1. The Morgan fingerprint density at radius 1 is 1.50 bits per heavy atom. The topological polar surface area (TPSA) is 40.5 Å². The minimum absolute atomic E-state index is 0.0200. The van der Waals surface area contributed by atoms with Crippen molar-refractivity contribution < 1.29 is 9.90 Å². The molecule has 1 fully saturated rings. The molecule has 0 unspecified atom stereocenters. The summed E-state index contributed by atoms with van der Waals surface area (Å²) in [6, 6.07) is 4.99. The third-order valence-electron chi connectivity index (χ3n) is 3.15. The van der Waals surface area contributed by atoms with Crippen molar-refractivity contribution >= 4 is 21.8 Å². The third-order valence-corrected chi connectivity index (χ3v) is 3.82. The second-order valence-corrected chi connectivity index (χ2v) is 5.72. The molecule has 18 heavy (non-hydrogen) atoms. The van der Waals surface area contributed by atoms with E-state index in [1.54, 1.807) is 12.1 Å². The lowest BCUT2D eigenvalue weighted by Gasteiger charge is -2.22. The van der Waals surface area contributed by atoms with E-state index in [4.69, 9.17) is 0 Å². The Hall–Kier alpha value is -1.03. The fraction of sp³-hybridized carbons (Fsp3) is 0.500. The molecule has 1 aliphatic rings. The van der Waals surface area contributed by atoms with Crippen LogP contribution in [0.3, 0.4) is 0 Å². The first-order valence-electron chi connectivity index (χ1n) is 6.39. The molecule has 4 heteroatoms. The summed E-state index contributed by atoms with van der Waals surface area (Å²) in [4.78, 5) is 14.3. The largest absolute Gasteiger partial charge is 0.507 e. The van der Waals surface area contributed by atoms with Gasteiger partial charge in [-0.25, -0.2) is 0 Å². The van der Waals surface area contributed by atoms with Crippen LogP contribution >= 0.6 is 15.9 Å². The van der Waals surface area contributed by atoms with Crippen LogP contribution in [0.4, 0.5) is 0 Å². The molecule has 1 aromatic rings. The summed E-state index contributed by atoms with van der Waals surface area (Å²) >= 11 is 3.22. The molecule has 1 amide bonds. The lowest BCUT2D eigenvalue weighted by molar-refractivity contribution is 0.0747. The van der Waals surface area contributed by atoms with Gasteiger partial charge in [-0.15, -0.1) is 0 Å². The highest BCUT2D eigenvalue weighted by molar-refractivity contribution is 9.10. The molecule has 98 valence electrons. The number of carbonyl (C=O) groups excluding carboxylic acids is 1. The molecule has 2 rings (SSSR count). The van der Waals surface area contributed by atoms with Crippen LogP contribution < -0.4 is 0 Å². The smallest absolute Gasteiger partial charge is 0.253 e. The molecule has 3 nitrogen and oxygen atoms in total. The van der Waals surface area contributed by atoms with E-state index in [-0.39, 0.29) is 11.7 Å². The van der Waals surface area contributed by atoms with Crippen molar-refractivity contribution in [1.82, 2.24) is 4.90 Å². The Bertz CT molecular complexity index is 443. The molecule has 0 atom stereocenters. The van der Waals surface area contributed by atoms with Gasteiger partial charge in [-0.3, -0.25) is 4.79 Å². The van der Waals surface area contributed by atoms with Gasteiger partial charge in [0.05, 0.1) is 4.47 Å². The molecule has 0 aromatic heterocycles. The second-order valence-electron chi connectivity index (χ2n) is 4.86. The molecule has 0 bridgehead atoms. The van der Waals surface area contributed by atoms with E-state index < -0.39 is 0 Å². The van der Waals surface area contributed by atoms with E-state index >= 15 is 0 Å². The number of carbonyl (C=O) groups is 1. The molecule has 0 aliphatic heterocycles. The zero-order chi connectivity index (χ0) is 13.1. The molecule has 0 radical (unpaired) electrons. The van der Waals surface area contributed by atoms with Crippen LogP contribution in [-0.4, -0.2) is 29.0 Å². The van der Waals surface area contributed by atoms with Gasteiger partial charge in [0.25, 0.3) is 5.91 Å². The maximum Gasteiger partial charge on any atom is 0.253 e. The Labute approximate surface area is 116 Å². The number of phenols is 1. The summed E-state index contributed by atoms with van der Waals surface area (Å²) in [5, 5.41) is 9.64. The fourth-order valence-electron chi connectivity index (χ4n) is 1.99. The second kappa shape index (κ2) is 5.74. The zero-order valence-electron chi connectivity index (χ0n) is 10.5. The van der Waals surface area contributed by atoms with E-state index in [0.717, 1.165) is 19.5 Å². The van der Waals surface area contributed by atoms with Crippen molar-refractivity contribution in [2.75, 3.05) is 13.1 Å². The predicted molar refractivity (Wildman–Crippen MR) is 74.7 cm³/mol. The zero-order valence-corrected chi connectivity index (χ0v) is 12.1. The Balaban J connectivity index is 2.12. The van der Waals surface area contributed by atoms with E-state index in [1.165, 1.54) is 18.9 Å². The highest BCUT2D eigenvalue weighted by atomic mass is 79.9. The number of phenolic OH excluding ortho intramolecular Hbond substituents is 1. The molecule has 0 spiro atoms. The number of aromatic hydroxyl groups is 1. The molecule has 1 saturated carbocycles. The number of amides is 1. The van der Waals surface area contributed by atoms with Crippen LogP contribution in [-0.2, 0) is 0 Å². The van der Waals surface area contributed by atoms with Gasteiger partial charge >= 0.3 is 0 Å². The van der Waals surface area contributed by atoms with Gasteiger partial charge in [0.15, 0.2) is 0 Å². The van der Waals surface area contributed by atoms with Crippen LogP contribution in [0.5, 0.6) is 5.75 Å². The van der Waals surface area contributed by atoms with Crippen LogP contribution in [0.25, 0.3) is 0 Å². The maximum absolute atomic E-state index is 12.4. The molecular weight excluding hydrogens is 294 g/mol. The molecule has 0 heterocycles. The molecular formula is C14H18BrNO2. The van der Waals surface area contributed by atoms with Gasteiger partial charge in [-0.2, -0.15) is 0 Å². The van der Waals surface area contributed by atoms with Crippen molar-refractivity contribution in [2.24, 2.45) is 5.92 Å². The van der Waals surface area contributed by atoms with Gasteiger partial charge in [-0.1, -0.05) is 6.92 Å². The first kappa shape index (κ1) is 13.4. The van der Waals surface area contributed by atoms with Gasteiger partial charge in [-0.05, 0) is 59.3 Å². The van der Waals surface area contributed by atoms with Gasteiger partial charge in [0, 0.05) is 18.7 Å². The first-order valence-corrected chi connectivity index (χ1v) is 7.19. The lowest BCUT2D eigenvalue weighted by atomic mass is 10.1. The van der Waals surface area contributed by atoms with Crippen molar-refractivity contribution in [3.8, 4) is 5.75 Å². The van der Waals surface area contributed by atoms with Crippen molar-refractivity contribution in [2.45, 2.75) is 26.2 Å². The maximum atomic E-state index is 12.4. The van der Waals surface area contributed by atoms with Gasteiger partial charge < -0.3 is 10.0 Å². The lowest BCUT2D eigenvalue weighted by Crippen LogP contribution is -2.33. The summed E-state index contributed by atoms with van der Waals surface area (Å²) in [5.74, 6) is 0.819.